The molecular weight excluding hydrogens is 360 g/mol. The standard InChI is InChI=1S/C21H22N2O3S/c1-13(2)14(3)22-19(24)12-26-21(25)16-9-5-4-8-15(16)20-23-17-10-6-7-11-18(17)27-20/h4-11,13-14H,12H2,1-3H3,(H,22,24)/t14-/m1/s1. The molecule has 3 rings (SSSR count). The minimum Gasteiger partial charge on any atom is -0.452 e. The predicted octanol–water partition coefficient (Wildman–Crippen LogP) is 4.28. The molecule has 2 aromatic carbocycles. The third-order valence-corrected chi connectivity index (χ3v) is 5.46. The fourth-order valence-electron chi connectivity index (χ4n) is 2.51. The topological polar surface area (TPSA) is 68.3 Å². The number of carbonyl (C=O) groups excluding carboxylic acids is 2. The fraction of sp³-hybridized carbons (Fsp3) is 0.286. The van der Waals surface area contributed by atoms with E-state index in [1.54, 1.807) is 12.1 Å². The van der Waals surface area contributed by atoms with Crippen molar-refractivity contribution < 1.29 is 14.3 Å². The Morgan fingerprint density at radius 1 is 1.07 bits per heavy atom. The van der Waals surface area contributed by atoms with E-state index in [9.17, 15) is 9.59 Å². The molecule has 6 heteroatoms. The van der Waals surface area contributed by atoms with Gasteiger partial charge in [-0.15, -0.1) is 11.3 Å². The van der Waals surface area contributed by atoms with Crippen LogP contribution >= 0.6 is 11.3 Å². The minimum atomic E-state index is -0.530. The van der Waals surface area contributed by atoms with Gasteiger partial charge in [0.25, 0.3) is 5.91 Å². The molecule has 0 spiro atoms. The quantitative estimate of drug-likeness (QED) is 0.646. The van der Waals surface area contributed by atoms with Gasteiger partial charge in [-0.25, -0.2) is 9.78 Å². The van der Waals surface area contributed by atoms with E-state index in [1.807, 2.05) is 57.2 Å². The number of amides is 1. The summed E-state index contributed by atoms with van der Waals surface area (Å²) in [5, 5.41) is 3.58. The van der Waals surface area contributed by atoms with Crippen molar-refractivity contribution in [3.63, 3.8) is 0 Å². The Labute approximate surface area is 162 Å². The number of thiazole rings is 1. The molecule has 1 atom stereocenters. The second-order valence-electron chi connectivity index (χ2n) is 6.71. The molecule has 5 nitrogen and oxygen atoms in total. The third-order valence-electron chi connectivity index (χ3n) is 4.39. The molecule has 0 radical (unpaired) electrons. The number of hydrogen-bond acceptors (Lipinski definition) is 5. The summed E-state index contributed by atoms with van der Waals surface area (Å²) in [4.78, 5) is 29.1. The second kappa shape index (κ2) is 8.31. The maximum Gasteiger partial charge on any atom is 0.339 e. The van der Waals surface area contributed by atoms with Gasteiger partial charge in [-0.2, -0.15) is 0 Å². The summed E-state index contributed by atoms with van der Waals surface area (Å²) in [7, 11) is 0. The summed E-state index contributed by atoms with van der Waals surface area (Å²) >= 11 is 1.52. The number of hydrogen-bond donors (Lipinski definition) is 1. The Morgan fingerprint density at radius 3 is 2.52 bits per heavy atom. The lowest BCUT2D eigenvalue weighted by Crippen LogP contribution is -2.38. The van der Waals surface area contributed by atoms with Crippen LogP contribution in [0.15, 0.2) is 48.5 Å². The Morgan fingerprint density at radius 2 is 1.78 bits per heavy atom. The van der Waals surface area contributed by atoms with E-state index >= 15 is 0 Å². The fourth-order valence-corrected chi connectivity index (χ4v) is 3.51. The Kier molecular flexibility index (Phi) is 5.86. The van der Waals surface area contributed by atoms with Crippen LogP contribution in [-0.2, 0) is 9.53 Å². The van der Waals surface area contributed by atoms with Gasteiger partial charge in [0.05, 0.1) is 15.8 Å². The first-order valence-corrected chi connectivity index (χ1v) is 9.69. The lowest BCUT2D eigenvalue weighted by molar-refractivity contribution is -0.125. The molecule has 1 aromatic heterocycles. The molecule has 0 aliphatic heterocycles. The van der Waals surface area contributed by atoms with Crippen LogP contribution in [0.2, 0.25) is 0 Å². The number of ether oxygens (including phenoxy) is 1. The zero-order valence-corrected chi connectivity index (χ0v) is 16.4. The summed E-state index contributed by atoms with van der Waals surface area (Å²) < 4.78 is 6.29. The van der Waals surface area contributed by atoms with Crippen molar-refractivity contribution in [2.75, 3.05) is 6.61 Å². The van der Waals surface area contributed by atoms with Crippen molar-refractivity contribution in [1.82, 2.24) is 10.3 Å². The van der Waals surface area contributed by atoms with E-state index in [4.69, 9.17) is 4.74 Å². The molecular formula is C21H22N2O3S. The number of fused-ring (bicyclic) bond motifs is 1. The summed E-state index contributed by atoms with van der Waals surface area (Å²) in [6.45, 7) is 5.66. The average Bonchev–Trinajstić information content (AvgIpc) is 3.10. The molecule has 0 fully saturated rings. The van der Waals surface area contributed by atoms with Crippen molar-refractivity contribution in [2.24, 2.45) is 5.92 Å². The van der Waals surface area contributed by atoms with Gasteiger partial charge in [0, 0.05) is 11.6 Å². The largest absolute Gasteiger partial charge is 0.452 e. The number of nitrogens with one attached hydrogen (secondary N) is 1. The molecule has 27 heavy (non-hydrogen) atoms. The predicted molar refractivity (Wildman–Crippen MR) is 108 cm³/mol. The highest BCUT2D eigenvalue weighted by atomic mass is 32.1. The zero-order valence-electron chi connectivity index (χ0n) is 15.6. The molecule has 0 saturated heterocycles. The number of esters is 1. The van der Waals surface area contributed by atoms with Crippen LogP contribution < -0.4 is 5.32 Å². The smallest absolute Gasteiger partial charge is 0.339 e. The van der Waals surface area contributed by atoms with Crippen LogP contribution in [0.4, 0.5) is 0 Å². The van der Waals surface area contributed by atoms with Crippen LogP contribution in [0.1, 0.15) is 31.1 Å². The highest BCUT2D eigenvalue weighted by molar-refractivity contribution is 7.21. The number of rotatable bonds is 6. The van der Waals surface area contributed by atoms with Crippen LogP contribution in [0.5, 0.6) is 0 Å². The number of benzene rings is 2. The first-order chi connectivity index (χ1) is 13.0. The van der Waals surface area contributed by atoms with E-state index in [-0.39, 0.29) is 18.6 Å². The number of nitrogens with zero attached hydrogens (tertiary/aromatic N) is 1. The minimum absolute atomic E-state index is 0.0197. The van der Waals surface area contributed by atoms with E-state index in [1.165, 1.54) is 11.3 Å². The number of para-hydroxylation sites is 1. The Bertz CT molecular complexity index is 932. The highest BCUT2D eigenvalue weighted by Crippen LogP contribution is 2.32. The van der Waals surface area contributed by atoms with Crippen molar-refractivity contribution in [1.29, 1.82) is 0 Å². The summed E-state index contributed by atoms with van der Waals surface area (Å²) in [5.74, 6) is -0.524. The van der Waals surface area contributed by atoms with E-state index < -0.39 is 5.97 Å². The maximum absolute atomic E-state index is 12.6. The molecule has 0 aliphatic carbocycles. The molecule has 0 unspecified atom stereocenters. The van der Waals surface area contributed by atoms with Gasteiger partial charge in [-0.1, -0.05) is 44.2 Å². The van der Waals surface area contributed by atoms with E-state index in [0.29, 0.717) is 17.0 Å². The lowest BCUT2D eigenvalue weighted by Gasteiger charge is -2.17. The van der Waals surface area contributed by atoms with Gasteiger partial charge in [-0.05, 0) is 31.0 Å². The van der Waals surface area contributed by atoms with Crippen LogP contribution in [0.3, 0.4) is 0 Å². The second-order valence-corrected chi connectivity index (χ2v) is 7.74. The molecule has 0 aliphatic rings. The van der Waals surface area contributed by atoms with Gasteiger partial charge >= 0.3 is 5.97 Å². The maximum atomic E-state index is 12.6. The SMILES string of the molecule is CC(C)[C@@H](C)NC(=O)COC(=O)c1ccccc1-c1nc2ccccc2s1. The van der Waals surface area contributed by atoms with E-state index in [2.05, 4.69) is 10.3 Å². The third kappa shape index (κ3) is 4.52. The molecule has 0 bridgehead atoms. The first-order valence-electron chi connectivity index (χ1n) is 8.87. The Balaban J connectivity index is 1.75. The van der Waals surface area contributed by atoms with Crippen LogP contribution in [0, 0.1) is 5.92 Å². The van der Waals surface area contributed by atoms with Crippen molar-refractivity contribution in [2.45, 2.75) is 26.8 Å². The molecule has 1 amide bonds. The van der Waals surface area contributed by atoms with Crippen LogP contribution in [0.25, 0.3) is 20.8 Å². The molecule has 3 aromatic rings. The number of aromatic nitrogens is 1. The van der Waals surface area contributed by atoms with Crippen molar-refractivity contribution >= 4 is 33.4 Å². The van der Waals surface area contributed by atoms with Gasteiger partial charge in [0.1, 0.15) is 5.01 Å². The normalized spacial score (nSPS) is 12.1. The summed E-state index contributed by atoms with van der Waals surface area (Å²) in [6.07, 6.45) is 0. The summed E-state index contributed by atoms with van der Waals surface area (Å²) in [5.41, 5.74) is 2.00. The van der Waals surface area contributed by atoms with Crippen LogP contribution in [-0.4, -0.2) is 29.5 Å². The molecule has 140 valence electrons. The lowest BCUT2D eigenvalue weighted by atomic mass is 10.1. The zero-order chi connectivity index (χ0) is 19.4. The number of carbonyl (C=O) groups is 2. The van der Waals surface area contributed by atoms with Gasteiger partial charge in [0.15, 0.2) is 6.61 Å². The monoisotopic (exact) mass is 382 g/mol. The molecule has 0 saturated carbocycles. The Hall–Kier alpha value is -2.73. The highest BCUT2D eigenvalue weighted by Gasteiger charge is 2.18. The van der Waals surface area contributed by atoms with Gasteiger partial charge < -0.3 is 10.1 Å². The first kappa shape index (κ1) is 19.0. The van der Waals surface area contributed by atoms with Crippen molar-refractivity contribution in [3.05, 3.63) is 54.1 Å². The van der Waals surface area contributed by atoms with Gasteiger partial charge in [-0.3, -0.25) is 4.79 Å². The average molecular weight is 382 g/mol. The van der Waals surface area contributed by atoms with E-state index in [0.717, 1.165) is 15.2 Å². The molecule has 1 heterocycles. The van der Waals surface area contributed by atoms with Crippen molar-refractivity contribution in [3.8, 4) is 10.6 Å². The molecule has 1 N–H and O–H groups in total. The van der Waals surface area contributed by atoms with Gasteiger partial charge in [0.2, 0.25) is 0 Å². The summed E-state index contributed by atoms with van der Waals surface area (Å²) in [6, 6.07) is 15.0.